The number of esters is 2. The molecule has 3 amide bonds. The van der Waals surface area contributed by atoms with Gasteiger partial charge >= 0.3 is 18.0 Å². The van der Waals surface area contributed by atoms with E-state index in [1.807, 2.05) is 0 Å². The van der Waals surface area contributed by atoms with Crippen molar-refractivity contribution in [1.82, 2.24) is 15.5 Å². The van der Waals surface area contributed by atoms with Crippen molar-refractivity contribution in [2.45, 2.75) is 38.8 Å². The number of imide groups is 1. The van der Waals surface area contributed by atoms with Crippen molar-refractivity contribution in [3.05, 3.63) is 10.1 Å². The van der Waals surface area contributed by atoms with E-state index in [1.54, 1.807) is 6.92 Å². The fourth-order valence-electron chi connectivity index (χ4n) is 2.36. The number of nitrogens with zero attached hydrogens (tertiary/aromatic N) is 2. The fourth-order valence-corrected chi connectivity index (χ4v) is 2.36. The highest BCUT2D eigenvalue weighted by Gasteiger charge is 2.40. The Morgan fingerprint density at radius 1 is 1.36 bits per heavy atom. The molecule has 2 unspecified atom stereocenters. The minimum absolute atomic E-state index is 0.0804. The first-order valence-corrected chi connectivity index (χ1v) is 8.71. The molecule has 2 N–H and O–H groups in total. The number of carbonyl (C=O) groups is 4. The maximum atomic E-state index is 12.6. The summed E-state index contributed by atoms with van der Waals surface area (Å²) in [7, 11) is 0. The van der Waals surface area contributed by atoms with Gasteiger partial charge in [-0.25, -0.2) is 14.5 Å². The molecular weight excluding hydrogens is 380 g/mol. The van der Waals surface area contributed by atoms with Gasteiger partial charge in [0.25, 0.3) is 5.09 Å². The molecule has 0 saturated carbocycles. The van der Waals surface area contributed by atoms with Crippen LogP contribution in [0.15, 0.2) is 0 Å². The lowest BCUT2D eigenvalue weighted by atomic mass is 10.1. The van der Waals surface area contributed by atoms with E-state index in [0.29, 0.717) is 0 Å². The van der Waals surface area contributed by atoms with Crippen LogP contribution in [-0.4, -0.2) is 78.9 Å². The molecule has 2 atom stereocenters. The van der Waals surface area contributed by atoms with Crippen LogP contribution < -0.4 is 10.6 Å². The van der Waals surface area contributed by atoms with E-state index in [4.69, 9.17) is 9.47 Å². The molecule has 0 spiro atoms. The third kappa shape index (κ3) is 7.34. The van der Waals surface area contributed by atoms with Crippen LogP contribution in [0.5, 0.6) is 0 Å². The summed E-state index contributed by atoms with van der Waals surface area (Å²) in [5, 5.41) is 14.2. The lowest BCUT2D eigenvalue weighted by Gasteiger charge is -2.34. The number of amides is 3. The topological polar surface area (TPSA) is 166 Å². The van der Waals surface area contributed by atoms with Crippen LogP contribution in [0.4, 0.5) is 4.79 Å². The molecule has 1 saturated heterocycles. The lowest BCUT2D eigenvalue weighted by molar-refractivity contribution is -0.757. The molecule has 0 bridgehead atoms. The third-order valence-corrected chi connectivity index (χ3v) is 3.69. The summed E-state index contributed by atoms with van der Waals surface area (Å²) >= 11 is 0. The minimum atomic E-state index is -1.13. The van der Waals surface area contributed by atoms with Crippen LogP contribution in [0, 0.1) is 10.1 Å². The summed E-state index contributed by atoms with van der Waals surface area (Å²) < 4.78 is 9.74. The van der Waals surface area contributed by atoms with Crippen LogP contribution in [-0.2, 0) is 28.7 Å². The molecule has 0 aromatic heterocycles. The van der Waals surface area contributed by atoms with Crippen LogP contribution in [0.2, 0.25) is 0 Å². The Morgan fingerprint density at radius 3 is 2.71 bits per heavy atom. The molecule has 158 valence electrons. The van der Waals surface area contributed by atoms with Crippen molar-refractivity contribution >= 4 is 23.9 Å². The Kier molecular flexibility index (Phi) is 9.64. The van der Waals surface area contributed by atoms with E-state index in [2.05, 4.69) is 15.5 Å². The van der Waals surface area contributed by atoms with E-state index in [0.717, 1.165) is 4.90 Å². The summed E-state index contributed by atoms with van der Waals surface area (Å²) in [4.78, 5) is 63.3. The second-order valence-corrected chi connectivity index (χ2v) is 5.73. The molecule has 0 radical (unpaired) electrons. The second kappa shape index (κ2) is 11.7. The van der Waals surface area contributed by atoms with Gasteiger partial charge in [0.15, 0.2) is 0 Å². The summed E-state index contributed by atoms with van der Waals surface area (Å²) in [6.07, 6.45) is 0.226. The molecule has 0 aromatic rings. The molecular formula is C15H24N4O9. The summed E-state index contributed by atoms with van der Waals surface area (Å²) in [5.41, 5.74) is 0. The van der Waals surface area contributed by atoms with Crippen molar-refractivity contribution in [3.8, 4) is 0 Å². The van der Waals surface area contributed by atoms with Gasteiger partial charge in [-0.2, -0.15) is 0 Å². The molecule has 1 fully saturated rings. The van der Waals surface area contributed by atoms with Gasteiger partial charge in [0.1, 0.15) is 6.04 Å². The zero-order chi connectivity index (χ0) is 21.1. The van der Waals surface area contributed by atoms with Gasteiger partial charge in [-0.05, 0) is 20.3 Å². The first-order chi connectivity index (χ1) is 13.3. The van der Waals surface area contributed by atoms with Gasteiger partial charge in [0, 0.05) is 13.0 Å². The first kappa shape index (κ1) is 23.1. The number of ether oxygens (including phenoxy) is 2. The predicted octanol–water partition coefficient (Wildman–Crippen LogP) is -1.02. The van der Waals surface area contributed by atoms with Gasteiger partial charge < -0.3 is 19.6 Å². The molecule has 0 aromatic carbocycles. The number of rotatable bonds is 11. The van der Waals surface area contributed by atoms with Crippen molar-refractivity contribution in [2.75, 3.05) is 32.9 Å². The first-order valence-electron chi connectivity index (χ1n) is 8.71. The summed E-state index contributed by atoms with van der Waals surface area (Å²) in [5.74, 6) is -2.07. The van der Waals surface area contributed by atoms with Gasteiger partial charge in [0.05, 0.1) is 32.4 Å². The van der Waals surface area contributed by atoms with Crippen LogP contribution in [0.1, 0.15) is 26.7 Å². The van der Waals surface area contributed by atoms with E-state index < -0.39 is 41.0 Å². The molecule has 13 heteroatoms. The number of hydrogen-bond donors (Lipinski definition) is 2. The summed E-state index contributed by atoms with van der Waals surface area (Å²) in [6.45, 7) is 2.81. The quantitative estimate of drug-likeness (QED) is 0.188. The zero-order valence-corrected chi connectivity index (χ0v) is 15.7. The maximum Gasteiger partial charge on any atom is 0.329 e. The van der Waals surface area contributed by atoms with Gasteiger partial charge in [0.2, 0.25) is 5.91 Å². The molecule has 13 nitrogen and oxygen atoms in total. The lowest BCUT2D eigenvalue weighted by Crippen LogP contribution is -2.61. The molecule has 1 rings (SSSR count). The molecule has 28 heavy (non-hydrogen) atoms. The van der Waals surface area contributed by atoms with E-state index >= 15 is 0 Å². The normalized spacial score (nSPS) is 17.3. The van der Waals surface area contributed by atoms with Crippen molar-refractivity contribution in [1.29, 1.82) is 0 Å². The van der Waals surface area contributed by atoms with Gasteiger partial charge in [-0.3, -0.25) is 14.9 Å². The average Bonchev–Trinajstić information content (AvgIpc) is 2.64. The van der Waals surface area contributed by atoms with Crippen molar-refractivity contribution in [2.24, 2.45) is 0 Å². The average molecular weight is 404 g/mol. The molecule has 1 heterocycles. The monoisotopic (exact) mass is 404 g/mol. The van der Waals surface area contributed by atoms with E-state index in [-0.39, 0.29) is 45.8 Å². The predicted molar refractivity (Wildman–Crippen MR) is 91.3 cm³/mol. The Labute approximate surface area is 160 Å². The Bertz CT molecular complexity index is 598. The highest BCUT2D eigenvalue weighted by Crippen LogP contribution is 2.14. The van der Waals surface area contributed by atoms with Crippen LogP contribution in [0.3, 0.4) is 0 Å². The largest absolute Gasteiger partial charge is 0.465 e. The standard InChI is InChI=1S/C15H24N4O9/c1-3-26-12(20)9-17-10(2)13(21)18-11(5-6-16-15(18)23)14(22)27-7-4-8-28-19(24)25/h10-11,17H,3-9H2,1-2H3,(H,16,23). The van der Waals surface area contributed by atoms with Crippen molar-refractivity contribution < 1.29 is 38.6 Å². The molecule has 0 aliphatic carbocycles. The van der Waals surface area contributed by atoms with Gasteiger partial charge in [-0.15, -0.1) is 10.1 Å². The number of hydrogen-bond acceptors (Lipinski definition) is 10. The Hall–Kier alpha value is -2.96. The maximum absolute atomic E-state index is 12.6. The molecule has 1 aliphatic heterocycles. The van der Waals surface area contributed by atoms with Crippen LogP contribution >= 0.6 is 0 Å². The SMILES string of the molecule is CCOC(=O)CNC(C)C(=O)N1C(=O)NCCC1C(=O)OCCCO[N+](=O)[O-]. The number of urea groups is 1. The number of nitrogens with one attached hydrogen (secondary N) is 2. The van der Waals surface area contributed by atoms with Gasteiger partial charge in [-0.1, -0.05) is 0 Å². The Balaban J connectivity index is 2.62. The number of carbonyl (C=O) groups excluding carboxylic acids is 4. The van der Waals surface area contributed by atoms with E-state index in [9.17, 15) is 29.3 Å². The molecule has 1 aliphatic rings. The fraction of sp³-hybridized carbons (Fsp3) is 0.733. The summed E-state index contributed by atoms with van der Waals surface area (Å²) in [6, 6.07) is -2.82. The van der Waals surface area contributed by atoms with Crippen molar-refractivity contribution in [3.63, 3.8) is 0 Å². The third-order valence-electron chi connectivity index (χ3n) is 3.69. The van der Waals surface area contributed by atoms with E-state index in [1.165, 1.54) is 6.92 Å². The Morgan fingerprint density at radius 2 is 2.07 bits per heavy atom. The highest BCUT2D eigenvalue weighted by atomic mass is 16.9. The highest BCUT2D eigenvalue weighted by molar-refractivity contribution is 6.01. The smallest absolute Gasteiger partial charge is 0.329 e. The zero-order valence-electron chi connectivity index (χ0n) is 15.7. The minimum Gasteiger partial charge on any atom is -0.465 e. The second-order valence-electron chi connectivity index (χ2n) is 5.73. The van der Waals surface area contributed by atoms with Crippen LogP contribution in [0.25, 0.3) is 0 Å².